The van der Waals surface area contributed by atoms with Crippen molar-refractivity contribution < 1.29 is 18.8 Å². The van der Waals surface area contributed by atoms with Crippen molar-refractivity contribution in [1.29, 1.82) is 0 Å². The number of hydrogen-bond donors (Lipinski definition) is 1. The fourth-order valence-electron chi connectivity index (χ4n) is 1.79. The number of nitrogens with one attached hydrogen (secondary N) is 1. The van der Waals surface area contributed by atoms with Crippen LogP contribution < -0.4 is 5.32 Å². The third-order valence-electron chi connectivity index (χ3n) is 3.15. The predicted octanol–water partition coefficient (Wildman–Crippen LogP) is 1.18. The van der Waals surface area contributed by atoms with Crippen LogP contribution in [-0.2, 0) is 4.79 Å². The summed E-state index contributed by atoms with van der Waals surface area (Å²) < 4.78 is 4.94. The van der Waals surface area contributed by atoms with Gasteiger partial charge in [-0.25, -0.2) is 4.79 Å². The largest absolute Gasteiger partial charge is 0.461 e. The maximum Gasteiger partial charge on any atom is 0.325 e. The average Bonchev–Trinajstić information content (AvgIpc) is 2.93. The first-order valence-corrected chi connectivity index (χ1v) is 5.69. The highest BCUT2D eigenvalue weighted by Crippen LogP contribution is 2.21. The fourth-order valence-corrected chi connectivity index (χ4v) is 1.79. The molecule has 96 valence electrons. The van der Waals surface area contributed by atoms with Crippen molar-refractivity contribution in [3.8, 4) is 0 Å². The van der Waals surface area contributed by atoms with Gasteiger partial charge in [0.1, 0.15) is 5.54 Å². The Balaban J connectivity index is 2.13. The summed E-state index contributed by atoms with van der Waals surface area (Å²) in [5, 5.41) is 2.59. The van der Waals surface area contributed by atoms with Crippen molar-refractivity contribution in [2.45, 2.75) is 25.8 Å². The second kappa shape index (κ2) is 4.29. The molecule has 0 bridgehead atoms. The molecule has 1 aromatic rings. The minimum atomic E-state index is -0.916. The van der Waals surface area contributed by atoms with Crippen molar-refractivity contribution in [1.82, 2.24) is 10.2 Å². The van der Waals surface area contributed by atoms with Crippen LogP contribution in [0.2, 0.25) is 0 Å². The maximum atomic E-state index is 12.0. The Bertz CT molecular complexity index is 494. The quantitative estimate of drug-likeness (QED) is 0.642. The lowest BCUT2D eigenvalue weighted by Crippen LogP contribution is -2.43. The molecule has 1 aromatic heterocycles. The average molecular weight is 250 g/mol. The van der Waals surface area contributed by atoms with E-state index in [0.29, 0.717) is 6.42 Å². The molecule has 1 aliphatic rings. The van der Waals surface area contributed by atoms with E-state index in [1.54, 1.807) is 19.9 Å². The second-order valence-electron chi connectivity index (χ2n) is 4.41. The number of carbonyl (C=O) groups excluding carboxylic acids is 3. The number of hydrogen-bond acceptors (Lipinski definition) is 4. The van der Waals surface area contributed by atoms with Gasteiger partial charge in [0.2, 0.25) is 5.78 Å². The number of ketones is 1. The van der Waals surface area contributed by atoms with Gasteiger partial charge in [0.25, 0.3) is 5.91 Å². The molecule has 1 atom stereocenters. The highest BCUT2D eigenvalue weighted by Gasteiger charge is 2.47. The first kappa shape index (κ1) is 12.3. The van der Waals surface area contributed by atoms with E-state index in [0.717, 1.165) is 4.90 Å². The summed E-state index contributed by atoms with van der Waals surface area (Å²) in [6.07, 6.45) is 1.85. The van der Waals surface area contributed by atoms with Crippen LogP contribution in [0, 0.1) is 0 Å². The molecule has 0 spiro atoms. The number of rotatable bonds is 4. The Morgan fingerprint density at radius 3 is 2.72 bits per heavy atom. The van der Waals surface area contributed by atoms with Crippen LogP contribution in [0.15, 0.2) is 22.8 Å². The smallest absolute Gasteiger partial charge is 0.325 e. The monoisotopic (exact) mass is 250 g/mol. The molecule has 0 aliphatic carbocycles. The zero-order valence-electron chi connectivity index (χ0n) is 10.2. The molecule has 2 rings (SSSR count). The summed E-state index contributed by atoms with van der Waals surface area (Å²) >= 11 is 0. The third-order valence-corrected chi connectivity index (χ3v) is 3.15. The predicted molar refractivity (Wildman–Crippen MR) is 62.0 cm³/mol. The molecule has 2 heterocycles. The van der Waals surface area contributed by atoms with E-state index < -0.39 is 17.4 Å². The van der Waals surface area contributed by atoms with Gasteiger partial charge in [-0.1, -0.05) is 6.92 Å². The number of nitrogens with zero attached hydrogens (tertiary/aromatic N) is 1. The topological polar surface area (TPSA) is 79.6 Å². The molecule has 3 amide bonds. The first-order valence-electron chi connectivity index (χ1n) is 5.69. The number of carbonyl (C=O) groups is 3. The van der Waals surface area contributed by atoms with E-state index in [2.05, 4.69) is 5.32 Å². The summed E-state index contributed by atoms with van der Waals surface area (Å²) in [6.45, 7) is 3.15. The summed E-state index contributed by atoms with van der Waals surface area (Å²) in [6, 6.07) is 2.54. The number of furan rings is 1. The molecule has 6 nitrogen and oxygen atoms in total. The molecule has 0 unspecified atom stereocenters. The van der Waals surface area contributed by atoms with E-state index in [9.17, 15) is 14.4 Å². The van der Waals surface area contributed by atoms with Crippen LogP contribution in [0.25, 0.3) is 0 Å². The number of imide groups is 1. The number of urea groups is 1. The van der Waals surface area contributed by atoms with Gasteiger partial charge in [0.15, 0.2) is 5.76 Å². The minimum Gasteiger partial charge on any atom is -0.461 e. The van der Waals surface area contributed by atoms with Gasteiger partial charge in [-0.3, -0.25) is 14.5 Å². The Morgan fingerprint density at radius 1 is 1.50 bits per heavy atom. The van der Waals surface area contributed by atoms with Crippen molar-refractivity contribution in [3.63, 3.8) is 0 Å². The number of Topliss-reactive ketones (excluding diaryl/α,β-unsaturated/α-hetero) is 1. The number of amides is 3. The van der Waals surface area contributed by atoms with E-state index in [1.807, 2.05) is 0 Å². The lowest BCUT2D eigenvalue weighted by atomic mass is 9.99. The Kier molecular flexibility index (Phi) is 2.94. The van der Waals surface area contributed by atoms with Gasteiger partial charge in [-0.15, -0.1) is 0 Å². The minimum absolute atomic E-state index is 0.140. The summed E-state index contributed by atoms with van der Waals surface area (Å²) in [7, 11) is 0. The van der Waals surface area contributed by atoms with Crippen molar-refractivity contribution in [3.05, 3.63) is 24.2 Å². The lowest BCUT2D eigenvalue weighted by molar-refractivity contribution is -0.130. The summed E-state index contributed by atoms with van der Waals surface area (Å²) in [4.78, 5) is 36.4. The van der Waals surface area contributed by atoms with Crippen molar-refractivity contribution in [2.24, 2.45) is 0 Å². The molecule has 1 saturated heterocycles. The van der Waals surface area contributed by atoms with Gasteiger partial charge in [-0.05, 0) is 25.5 Å². The Labute approximate surface area is 104 Å². The normalized spacial score (nSPS) is 23.3. The standard InChI is InChI=1S/C12H14N2O4/c1-3-12(2)10(16)14(11(17)13-12)7-8(15)9-5-4-6-18-9/h4-6H,3,7H2,1-2H3,(H,13,17)/t12-/m0/s1. The van der Waals surface area contributed by atoms with E-state index in [1.165, 1.54) is 12.3 Å². The molecule has 1 N–H and O–H groups in total. The maximum absolute atomic E-state index is 12.0. The van der Waals surface area contributed by atoms with E-state index in [-0.39, 0.29) is 18.2 Å². The van der Waals surface area contributed by atoms with Gasteiger partial charge >= 0.3 is 6.03 Å². The molecular weight excluding hydrogens is 236 g/mol. The molecule has 1 aliphatic heterocycles. The van der Waals surface area contributed by atoms with Crippen LogP contribution >= 0.6 is 0 Å². The molecule has 18 heavy (non-hydrogen) atoms. The third kappa shape index (κ3) is 1.90. The zero-order valence-corrected chi connectivity index (χ0v) is 10.2. The molecule has 0 saturated carbocycles. The van der Waals surface area contributed by atoms with Crippen LogP contribution in [0.3, 0.4) is 0 Å². The molecular formula is C12H14N2O4. The van der Waals surface area contributed by atoms with E-state index >= 15 is 0 Å². The van der Waals surface area contributed by atoms with Gasteiger partial charge < -0.3 is 9.73 Å². The van der Waals surface area contributed by atoms with Gasteiger partial charge in [-0.2, -0.15) is 0 Å². The molecule has 0 radical (unpaired) electrons. The summed E-state index contributed by atoms with van der Waals surface area (Å²) in [5.74, 6) is -0.639. The molecule has 1 fully saturated rings. The molecule has 6 heteroatoms. The SMILES string of the molecule is CC[C@]1(C)NC(=O)N(CC(=O)c2ccco2)C1=O. The highest BCUT2D eigenvalue weighted by atomic mass is 16.3. The van der Waals surface area contributed by atoms with Crippen LogP contribution in [0.5, 0.6) is 0 Å². The zero-order chi connectivity index (χ0) is 13.3. The highest BCUT2D eigenvalue weighted by molar-refractivity contribution is 6.10. The van der Waals surface area contributed by atoms with Gasteiger partial charge in [0, 0.05) is 0 Å². The van der Waals surface area contributed by atoms with Crippen LogP contribution in [0.4, 0.5) is 4.79 Å². The second-order valence-corrected chi connectivity index (χ2v) is 4.41. The summed E-state index contributed by atoms with van der Waals surface area (Å²) in [5.41, 5.74) is -0.916. The van der Waals surface area contributed by atoms with Crippen LogP contribution in [0.1, 0.15) is 30.8 Å². The van der Waals surface area contributed by atoms with Crippen molar-refractivity contribution >= 4 is 17.7 Å². The van der Waals surface area contributed by atoms with E-state index in [4.69, 9.17) is 4.42 Å². The van der Waals surface area contributed by atoms with Crippen LogP contribution in [-0.4, -0.2) is 34.7 Å². The van der Waals surface area contributed by atoms with Crippen molar-refractivity contribution in [2.75, 3.05) is 6.54 Å². The Hall–Kier alpha value is -2.11. The Morgan fingerprint density at radius 2 is 2.22 bits per heavy atom. The molecule has 0 aromatic carbocycles. The lowest BCUT2D eigenvalue weighted by Gasteiger charge is -2.18. The fraction of sp³-hybridized carbons (Fsp3) is 0.417. The first-order chi connectivity index (χ1) is 8.48. The van der Waals surface area contributed by atoms with Gasteiger partial charge in [0.05, 0.1) is 12.8 Å².